The van der Waals surface area contributed by atoms with E-state index in [1.54, 1.807) is 31.2 Å². The second kappa shape index (κ2) is 6.98. The summed E-state index contributed by atoms with van der Waals surface area (Å²) >= 11 is 0. The van der Waals surface area contributed by atoms with E-state index in [2.05, 4.69) is 15.0 Å². The number of anilines is 1. The van der Waals surface area contributed by atoms with E-state index in [0.29, 0.717) is 23.1 Å². The van der Waals surface area contributed by atoms with E-state index in [-0.39, 0.29) is 23.7 Å². The number of aromatic nitrogens is 3. The smallest absolute Gasteiger partial charge is 0.245 e. The van der Waals surface area contributed by atoms with Gasteiger partial charge < -0.3 is 15.6 Å². The molecule has 1 unspecified atom stereocenters. The van der Waals surface area contributed by atoms with Gasteiger partial charge in [-0.1, -0.05) is 0 Å². The molecule has 2 aromatic heterocycles. The summed E-state index contributed by atoms with van der Waals surface area (Å²) in [7, 11) is 0. The van der Waals surface area contributed by atoms with Crippen LogP contribution in [0, 0.1) is 5.82 Å². The molecule has 3 rings (SSSR count). The number of halogens is 1. The van der Waals surface area contributed by atoms with E-state index >= 15 is 0 Å². The molecule has 0 fully saturated rings. The SMILES string of the molecule is CC(O)C[C@@H](C)Oc1nc(N)nc2ccc(-c3ccc(F)cc3)nc12. The summed E-state index contributed by atoms with van der Waals surface area (Å²) in [6.45, 7) is 3.53. The van der Waals surface area contributed by atoms with Gasteiger partial charge >= 0.3 is 0 Å². The standard InChI is InChI=1S/C18H19FN4O2/c1-10(24)9-11(2)25-17-16-15(22-18(20)23-17)8-7-14(21-16)12-3-5-13(19)6-4-12/h3-8,10-11,24H,9H2,1-2H3,(H2,20,22,23)/t10?,11-/m1/s1. The van der Waals surface area contributed by atoms with Crippen molar-refractivity contribution in [3.8, 4) is 17.1 Å². The molecule has 2 heterocycles. The highest BCUT2D eigenvalue weighted by atomic mass is 19.1. The van der Waals surface area contributed by atoms with Crippen molar-refractivity contribution in [2.24, 2.45) is 0 Å². The number of nitrogens with zero attached hydrogens (tertiary/aromatic N) is 3. The van der Waals surface area contributed by atoms with Crippen molar-refractivity contribution in [1.82, 2.24) is 15.0 Å². The van der Waals surface area contributed by atoms with Crippen molar-refractivity contribution < 1.29 is 14.2 Å². The topological polar surface area (TPSA) is 94.2 Å². The minimum atomic E-state index is -0.497. The van der Waals surface area contributed by atoms with Gasteiger partial charge in [0, 0.05) is 12.0 Å². The number of aliphatic hydroxyl groups excluding tert-OH is 1. The lowest BCUT2D eigenvalue weighted by Crippen LogP contribution is -2.19. The maximum atomic E-state index is 13.1. The van der Waals surface area contributed by atoms with Crippen LogP contribution in [0.5, 0.6) is 5.88 Å². The number of hydrogen-bond donors (Lipinski definition) is 2. The first-order valence-electron chi connectivity index (χ1n) is 7.97. The van der Waals surface area contributed by atoms with Crippen LogP contribution >= 0.6 is 0 Å². The van der Waals surface area contributed by atoms with Crippen molar-refractivity contribution in [2.45, 2.75) is 32.5 Å². The van der Waals surface area contributed by atoms with E-state index in [1.165, 1.54) is 12.1 Å². The third kappa shape index (κ3) is 4.00. The van der Waals surface area contributed by atoms with E-state index < -0.39 is 6.10 Å². The van der Waals surface area contributed by atoms with Crippen molar-refractivity contribution in [3.05, 3.63) is 42.2 Å². The lowest BCUT2D eigenvalue weighted by molar-refractivity contribution is 0.113. The Morgan fingerprint density at radius 1 is 1.08 bits per heavy atom. The molecule has 0 aliphatic heterocycles. The van der Waals surface area contributed by atoms with Crippen LogP contribution in [0.25, 0.3) is 22.3 Å². The quantitative estimate of drug-likeness (QED) is 0.740. The Morgan fingerprint density at radius 2 is 1.80 bits per heavy atom. The van der Waals surface area contributed by atoms with Crippen molar-refractivity contribution in [3.63, 3.8) is 0 Å². The van der Waals surface area contributed by atoms with Crippen LogP contribution in [0.15, 0.2) is 36.4 Å². The summed E-state index contributed by atoms with van der Waals surface area (Å²) in [5, 5.41) is 9.50. The monoisotopic (exact) mass is 342 g/mol. The summed E-state index contributed by atoms with van der Waals surface area (Å²) in [6, 6.07) is 9.61. The minimum Gasteiger partial charge on any atom is -0.473 e. The molecule has 130 valence electrons. The fourth-order valence-electron chi connectivity index (χ4n) is 2.59. The second-order valence-electron chi connectivity index (χ2n) is 5.97. The maximum absolute atomic E-state index is 13.1. The molecule has 6 nitrogen and oxygen atoms in total. The fourth-order valence-corrected chi connectivity index (χ4v) is 2.59. The van der Waals surface area contributed by atoms with Gasteiger partial charge in [0.15, 0.2) is 5.52 Å². The Morgan fingerprint density at radius 3 is 2.48 bits per heavy atom. The molecule has 0 spiro atoms. The van der Waals surface area contributed by atoms with Crippen LogP contribution in [-0.2, 0) is 0 Å². The minimum absolute atomic E-state index is 0.0862. The molecule has 0 saturated heterocycles. The number of pyridine rings is 1. The molecule has 0 saturated carbocycles. The second-order valence-corrected chi connectivity index (χ2v) is 5.97. The molecule has 7 heteroatoms. The molecular weight excluding hydrogens is 323 g/mol. The van der Waals surface area contributed by atoms with E-state index in [9.17, 15) is 9.50 Å². The number of ether oxygens (including phenoxy) is 1. The molecule has 1 aromatic carbocycles. The first-order chi connectivity index (χ1) is 11.9. The first kappa shape index (κ1) is 17.0. The molecule has 0 radical (unpaired) electrons. The highest BCUT2D eigenvalue weighted by Crippen LogP contribution is 2.27. The van der Waals surface area contributed by atoms with Gasteiger partial charge in [-0.15, -0.1) is 0 Å². The molecule has 0 bridgehead atoms. The van der Waals surface area contributed by atoms with Gasteiger partial charge in [0.1, 0.15) is 11.9 Å². The predicted molar refractivity (Wildman–Crippen MR) is 93.5 cm³/mol. The van der Waals surface area contributed by atoms with Crippen LogP contribution in [0.4, 0.5) is 10.3 Å². The average Bonchev–Trinajstić information content (AvgIpc) is 2.54. The Kier molecular flexibility index (Phi) is 4.76. The number of rotatable bonds is 5. The molecule has 25 heavy (non-hydrogen) atoms. The van der Waals surface area contributed by atoms with Crippen LogP contribution < -0.4 is 10.5 Å². The van der Waals surface area contributed by atoms with Crippen molar-refractivity contribution >= 4 is 17.0 Å². The zero-order valence-corrected chi connectivity index (χ0v) is 14.0. The van der Waals surface area contributed by atoms with Crippen molar-refractivity contribution in [1.29, 1.82) is 0 Å². The molecule has 2 atom stereocenters. The van der Waals surface area contributed by atoms with Crippen LogP contribution in [-0.4, -0.2) is 32.3 Å². The number of benzene rings is 1. The number of aliphatic hydroxyl groups is 1. The van der Waals surface area contributed by atoms with Crippen molar-refractivity contribution in [2.75, 3.05) is 5.73 Å². The average molecular weight is 342 g/mol. The van der Waals surface area contributed by atoms with E-state index in [4.69, 9.17) is 10.5 Å². The zero-order valence-electron chi connectivity index (χ0n) is 14.0. The summed E-state index contributed by atoms with van der Waals surface area (Å²) in [6.07, 6.45) is -0.319. The fraction of sp³-hybridized carbons (Fsp3) is 0.278. The molecular formula is C18H19FN4O2. The Balaban J connectivity index is 2.03. The van der Waals surface area contributed by atoms with Gasteiger partial charge in [-0.25, -0.2) is 14.4 Å². The predicted octanol–water partition coefficient (Wildman–Crippen LogP) is 2.95. The van der Waals surface area contributed by atoms with Crippen LogP contribution in [0.2, 0.25) is 0 Å². The van der Waals surface area contributed by atoms with Gasteiger partial charge in [-0.3, -0.25) is 0 Å². The first-order valence-corrected chi connectivity index (χ1v) is 7.97. The van der Waals surface area contributed by atoms with Gasteiger partial charge in [0.05, 0.1) is 17.3 Å². The normalized spacial score (nSPS) is 13.6. The van der Waals surface area contributed by atoms with Crippen LogP contribution in [0.1, 0.15) is 20.3 Å². The van der Waals surface area contributed by atoms with Gasteiger partial charge in [-0.05, 0) is 50.2 Å². The molecule has 0 aliphatic carbocycles. The lowest BCUT2D eigenvalue weighted by Gasteiger charge is -2.16. The van der Waals surface area contributed by atoms with Gasteiger partial charge in [0.2, 0.25) is 11.8 Å². The third-order valence-corrected chi connectivity index (χ3v) is 3.65. The largest absolute Gasteiger partial charge is 0.473 e. The Hall–Kier alpha value is -2.80. The highest BCUT2D eigenvalue weighted by molar-refractivity contribution is 5.83. The van der Waals surface area contributed by atoms with Crippen LogP contribution in [0.3, 0.4) is 0 Å². The Labute approximate surface area is 144 Å². The lowest BCUT2D eigenvalue weighted by atomic mass is 10.1. The summed E-state index contributed by atoms with van der Waals surface area (Å²) in [4.78, 5) is 12.9. The number of fused-ring (bicyclic) bond motifs is 1. The summed E-state index contributed by atoms with van der Waals surface area (Å²) in [5.41, 5.74) is 8.18. The molecule has 0 amide bonds. The molecule has 3 aromatic rings. The van der Waals surface area contributed by atoms with E-state index in [0.717, 1.165) is 5.56 Å². The third-order valence-electron chi connectivity index (χ3n) is 3.65. The number of hydrogen-bond acceptors (Lipinski definition) is 6. The molecule has 3 N–H and O–H groups in total. The van der Waals surface area contributed by atoms with Gasteiger partial charge in [0.25, 0.3) is 0 Å². The number of nitrogens with two attached hydrogens (primary N) is 1. The maximum Gasteiger partial charge on any atom is 0.245 e. The molecule has 0 aliphatic rings. The Bertz CT molecular complexity index is 884. The summed E-state index contributed by atoms with van der Waals surface area (Å²) < 4.78 is 18.9. The number of nitrogen functional groups attached to an aromatic ring is 1. The zero-order chi connectivity index (χ0) is 18.0. The highest BCUT2D eigenvalue weighted by Gasteiger charge is 2.15. The van der Waals surface area contributed by atoms with E-state index in [1.807, 2.05) is 6.92 Å². The summed E-state index contributed by atoms with van der Waals surface area (Å²) in [5.74, 6) is 0.0410. The van der Waals surface area contributed by atoms with Gasteiger partial charge in [-0.2, -0.15) is 4.98 Å².